The van der Waals surface area contributed by atoms with Crippen LogP contribution in [-0.2, 0) is 16.4 Å². The minimum atomic E-state index is -3.15. The van der Waals surface area contributed by atoms with Gasteiger partial charge in [-0.1, -0.05) is 48.5 Å². The summed E-state index contributed by atoms with van der Waals surface area (Å²) in [5.41, 5.74) is 1.61. The van der Waals surface area contributed by atoms with Crippen LogP contribution in [0.5, 0.6) is 0 Å². The van der Waals surface area contributed by atoms with Crippen LogP contribution < -0.4 is 10.6 Å². The Kier molecular flexibility index (Phi) is 4.97. The molecular weight excluding hydrogens is 324 g/mol. The molecule has 5 nitrogen and oxygen atoms in total. The van der Waals surface area contributed by atoms with Crippen LogP contribution in [0.3, 0.4) is 0 Å². The van der Waals surface area contributed by atoms with Crippen LogP contribution >= 0.6 is 0 Å². The van der Waals surface area contributed by atoms with Crippen molar-refractivity contribution in [2.24, 2.45) is 0 Å². The van der Waals surface area contributed by atoms with E-state index in [0.717, 1.165) is 5.56 Å². The molecule has 0 radical (unpaired) electrons. The molecule has 0 spiro atoms. The predicted octanol–water partition coefficient (Wildman–Crippen LogP) is 1.37. The number of carbonyl (C=O) groups excluding carboxylic acids is 1. The molecule has 0 saturated carbocycles. The first-order valence-electron chi connectivity index (χ1n) is 7.87. The highest BCUT2D eigenvalue weighted by Gasteiger charge is 2.38. The van der Waals surface area contributed by atoms with Gasteiger partial charge in [-0.3, -0.25) is 4.79 Å². The molecule has 2 N–H and O–H groups in total. The summed E-state index contributed by atoms with van der Waals surface area (Å²) in [7, 11) is -3.15. The van der Waals surface area contributed by atoms with E-state index in [2.05, 4.69) is 10.6 Å². The Morgan fingerprint density at radius 1 is 0.917 bits per heavy atom. The van der Waals surface area contributed by atoms with Crippen molar-refractivity contribution in [3.8, 4) is 0 Å². The molecule has 1 heterocycles. The first-order valence-corrected chi connectivity index (χ1v) is 9.69. The molecule has 2 aromatic rings. The number of rotatable bonds is 5. The quantitative estimate of drug-likeness (QED) is 0.859. The van der Waals surface area contributed by atoms with Crippen molar-refractivity contribution < 1.29 is 13.2 Å². The molecule has 0 aromatic heterocycles. The molecule has 1 amide bonds. The molecule has 2 atom stereocenters. The molecule has 1 fully saturated rings. The summed E-state index contributed by atoms with van der Waals surface area (Å²) in [6, 6.07) is 17.9. The highest BCUT2D eigenvalue weighted by Crippen LogP contribution is 2.14. The maximum absolute atomic E-state index is 12.3. The normalized spacial score (nSPS) is 22.2. The van der Waals surface area contributed by atoms with Crippen molar-refractivity contribution in [2.75, 3.05) is 11.5 Å². The summed E-state index contributed by atoms with van der Waals surface area (Å²) in [4.78, 5) is 12.3. The monoisotopic (exact) mass is 344 g/mol. The van der Waals surface area contributed by atoms with Crippen molar-refractivity contribution in [1.82, 2.24) is 10.6 Å². The van der Waals surface area contributed by atoms with Crippen molar-refractivity contribution in [3.05, 3.63) is 71.8 Å². The lowest BCUT2D eigenvalue weighted by molar-refractivity contribution is 0.0935. The molecule has 2 aromatic carbocycles. The van der Waals surface area contributed by atoms with Crippen LogP contribution in [0, 0.1) is 0 Å². The van der Waals surface area contributed by atoms with Crippen molar-refractivity contribution in [3.63, 3.8) is 0 Å². The van der Waals surface area contributed by atoms with Crippen molar-refractivity contribution in [1.29, 1.82) is 0 Å². The molecular formula is C18H20N2O3S. The molecule has 0 unspecified atom stereocenters. The van der Waals surface area contributed by atoms with Gasteiger partial charge in [0.15, 0.2) is 9.84 Å². The minimum Gasteiger partial charge on any atom is -0.347 e. The molecule has 0 aliphatic carbocycles. The number of hydrogen-bond acceptors (Lipinski definition) is 4. The van der Waals surface area contributed by atoms with Gasteiger partial charge in [-0.05, 0) is 17.7 Å². The van der Waals surface area contributed by atoms with E-state index in [1.165, 1.54) is 0 Å². The van der Waals surface area contributed by atoms with Gasteiger partial charge in [0.1, 0.15) is 0 Å². The first kappa shape index (κ1) is 16.7. The van der Waals surface area contributed by atoms with Crippen LogP contribution in [0.25, 0.3) is 0 Å². The third-order valence-corrected chi connectivity index (χ3v) is 5.85. The number of hydrogen-bond donors (Lipinski definition) is 2. The lowest BCUT2D eigenvalue weighted by Gasteiger charge is -2.21. The number of carbonyl (C=O) groups is 1. The van der Waals surface area contributed by atoms with E-state index in [1.807, 2.05) is 36.4 Å². The maximum atomic E-state index is 12.3. The summed E-state index contributed by atoms with van der Waals surface area (Å²) < 4.78 is 24.0. The van der Waals surface area contributed by atoms with E-state index in [0.29, 0.717) is 12.1 Å². The smallest absolute Gasteiger partial charge is 0.251 e. The Morgan fingerprint density at radius 2 is 1.50 bits per heavy atom. The summed E-state index contributed by atoms with van der Waals surface area (Å²) in [5.74, 6) is -0.235. The molecule has 126 valence electrons. The summed E-state index contributed by atoms with van der Waals surface area (Å²) in [6.07, 6.45) is 0. The zero-order chi connectivity index (χ0) is 17.0. The van der Waals surface area contributed by atoms with Crippen LogP contribution in [0.15, 0.2) is 60.7 Å². The van der Waals surface area contributed by atoms with Gasteiger partial charge in [0.05, 0.1) is 17.5 Å². The summed E-state index contributed by atoms with van der Waals surface area (Å²) >= 11 is 0. The number of nitrogens with one attached hydrogen (secondary N) is 2. The first-order chi connectivity index (χ1) is 11.5. The Labute approximate surface area is 142 Å². The Bertz CT molecular complexity index is 792. The average Bonchev–Trinajstić information content (AvgIpc) is 2.88. The third kappa shape index (κ3) is 4.21. The average molecular weight is 344 g/mol. The molecule has 3 rings (SSSR count). The fourth-order valence-electron chi connectivity index (χ4n) is 2.88. The van der Waals surface area contributed by atoms with Gasteiger partial charge in [-0.2, -0.15) is 0 Å². The highest BCUT2D eigenvalue weighted by atomic mass is 32.2. The fourth-order valence-corrected chi connectivity index (χ4v) is 4.77. The van der Waals surface area contributed by atoms with Gasteiger partial charge in [0.2, 0.25) is 0 Å². The second kappa shape index (κ2) is 7.15. The van der Waals surface area contributed by atoms with Gasteiger partial charge in [-0.25, -0.2) is 8.42 Å². The topological polar surface area (TPSA) is 75.3 Å². The largest absolute Gasteiger partial charge is 0.347 e. The molecule has 1 aliphatic rings. The van der Waals surface area contributed by atoms with Crippen molar-refractivity contribution >= 4 is 15.7 Å². The Balaban J connectivity index is 1.66. The zero-order valence-corrected chi connectivity index (χ0v) is 14.0. The van der Waals surface area contributed by atoms with Gasteiger partial charge < -0.3 is 10.6 Å². The standard InChI is InChI=1S/C18H20N2O3S/c21-18(15-9-5-2-6-10-15)20-17-13-24(22,23)12-16(17)19-11-14-7-3-1-4-8-14/h1-10,16-17,19H,11-13H2,(H,20,21)/t16-,17+/m0/s1. The lowest BCUT2D eigenvalue weighted by Crippen LogP contribution is -2.49. The Morgan fingerprint density at radius 3 is 2.17 bits per heavy atom. The molecule has 24 heavy (non-hydrogen) atoms. The van der Waals surface area contributed by atoms with Crippen LogP contribution in [0.1, 0.15) is 15.9 Å². The van der Waals surface area contributed by atoms with Gasteiger partial charge in [0.25, 0.3) is 5.91 Å². The van der Waals surface area contributed by atoms with E-state index in [9.17, 15) is 13.2 Å². The van der Waals surface area contributed by atoms with E-state index in [4.69, 9.17) is 0 Å². The molecule has 1 saturated heterocycles. The molecule has 6 heteroatoms. The minimum absolute atomic E-state index is 0.0297. The number of amides is 1. The second-order valence-corrected chi connectivity index (χ2v) is 8.15. The van der Waals surface area contributed by atoms with E-state index in [1.54, 1.807) is 24.3 Å². The van der Waals surface area contributed by atoms with Crippen molar-refractivity contribution in [2.45, 2.75) is 18.6 Å². The van der Waals surface area contributed by atoms with E-state index in [-0.39, 0.29) is 23.5 Å². The Hall–Kier alpha value is -2.18. The maximum Gasteiger partial charge on any atom is 0.251 e. The van der Waals surface area contributed by atoms with Gasteiger partial charge >= 0.3 is 0 Å². The SMILES string of the molecule is O=C(N[C@@H]1CS(=O)(=O)C[C@@H]1NCc1ccccc1)c1ccccc1. The van der Waals surface area contributed by atoms with E-state index >= 15 is 0 Å². The van der Waals surface area contributed by atoms with Crippen LogP contribution in [-0.4, -0.2) is 37.9 Å². The van der Waals surface area contributed by atoms with Gasteiger partial charge in [0, 0.05) is 18.2 Å². The van der Waals surface area contributed by atoms with Gasteiger partial charge in [-0.15, -0.1) is 0 Å². The third-order valence-electron chi connectivity index (χ3n) is 4.12. The van der Waals surface area contributed by atoms with Crippen LogP contribution in [0.4, 0.5) is 0 Å². The molecule has 0 bridgehead atoms. The highest BCUT2D eigenvalue weighted by molar-refractivity contribution is 7.91. The summed E-state index contributed by atoms with van der Waals surface area (Å²) in [6.45, 7) is 0.568. The molecule has 1 aliphatic heterocycles. The zero-order valence-electron chi connectivity index (χ0n) is 13.2. The number of benzene rings is 2. The van der Waals surface area contributed by atoms with Crippen LogP contribution in [0.2, 0.25) is 0 Å². The predicted molar refractivity (Wildman–Crippen MR) is 93.4 cm³/mol. The fraction of sp³-hybridized carbons (Fsp3) is 0.278. The lowest BCUT2D eigenvalue weighted by atomic mass is 10.1. The second-order valence-electron chi connectivity index (χ2n) is 6.00. The summed E-state index contributed by atoms with van der Waals surface area (Å²) in [5, 5.41) is 6.12. The number of sulfone groups is 1. The van der Waals surface area contributed by atoms with E-state index < -0.39 is 15.9 Å².